The predicted octanol–water partition coefficient (Wildman–Crippen LogP) is 3.10. The second kappa shape index (κ2) is 6.74. The molecule has 1 aromatic heterocycles. The SMILES string of the molecule is COc1ccc(-c2noc(COC(=O)c3ccccc3)n2)cc1. The molecule has 0 saturated carbocycles. The normalized spacial score (nSPS) is 10.3. The number of hydrogen-bond donors (Lipinski definition) is 0. The Bertz CT molecular complexity index is 782. The number of nitrogens with zero attached hydrogens (tertiary/aromatic N) is 2. The highest BCUT2D eigenvalue weighted by atomic mass is 16.6. The largest absolute Gasteiger partial charge is 0.497 e. The summed E-state index contributed by atoms with van der Waals surface area (Å²) in [6.45, 7) is -0.0725. The van der Waals surface area contributed by atoms with Crippen molar-refractivity contribution in [2.24, 2.45) is 0 Å². The van der Waals surface area contributed by atoms with Crippen molar-refractivity contribution < 1.29 is 18.8 Å². The molecule has 0 saturated heterocycles. The van der Waals surface area contributed by atoms with Crippen LogP contribution in [0, 0.1) is 0 Å². The van der Waals surface area contributed by atoms with E-state index >= 15 is 0 Å². The highest BCUT2D eigenvalue weighted by molar-refractivity contribution is 5.89. The maximum Gasteiger partial charge on any atom is 0.338 e. The third kappa shape index (κ3) is 3.55. The molecule has 0 aliphatic carbocycles. The molecular weight excluding hydrogens is 296 g/mol. The quantitative estimate of drug-likeness (QED) is 0.674. The molecule has 3 aromatic rings. The summed E-state index contributed by atoms with van der Waals surface area (Å²) in [6, 6.07) is 16.0. The van der Waals surface area contributed by atoms with E-state index < -0.39 is 5.97 Å². The number of hydrogen-bond acceptors (Lipinski definition) is 6. The fourth-order valence-corrected chi connectivity index (χ4v) is 1.96. The van der Waals surface area contributed by atoms with Gasteiger partial charge >= 0.3 is 5.97 Å². The second-order valence-electron chi connectivity index (χ2n) is 4.68. The lowest BCUT2D eigenvalue weighted by Crippen LogP contribution is -2.05. The van der Waals surface area contributed by atoms with Crippen LogP contribution in [0.5, 0.6) is 5.75 Å². The van der Waals surface area contributed by atoms with Crippen LogP contribution in [0.1, 0.15) is 16.2 Å². The summed E-state index contributed by atoms with van der Waals surface area (Å²) in [5.74, 6) is 0.975. The van der Waals surface area contributed by atoms with Gasteiger partial charge in [-0.1, -0.05) is 23.4 Å². The van der Waals surface area contributed by atoms with Crippen LogP contribution >= 0.6 is 0 Å². The van der Waals surface area contributed by atoms with Gasteiger partial charge in [0.2, 0.25) is 5.82 Å². The summed E-state index contributed by atoms with van der Waals surface area (Å²) in [6.07, 6.45) is 0. The van der Waals surface area contributed by atoms with Gasteiger partial charge in [-0.2, -0.15) is 4.98 Å². The first-order valence-corrected chi connectivity index (χ1v) is 6.95. The van der Waals surface area contributed by atoms with Crippen molar-refractivity contribution in [2.75, 3.05) is 7.11 Å². The first kappa shape index (κ1) is 14.8. The molecular formula is C17H14N2O4. The monoisotopic (exact) mass is 310 g/mol. The summed E-state index contributed by atoms with van der Waals surface area (Å²) >= 11 is 0. The van der Waals surface area contributed by atoms with Crippen LogP contribution < -0.4 is 4.74 Å². The van der Waals surface area contributed by atoms with E-state index in [1.165, 1.54) is 0 Å². The van der Waals surface area contributed by atoms with Crippen molar-refractivity contribution >= 4 is 5.97 Å². The molecule has 0 aliphatic rings. The number of esters is 1. The highest BCUT2D eigenvalue weighted by Crippen LogP contribution is 2.19. The summed E-state index contributed by atoms with van der Waals surface area (Å²) in [5.41, 5.74) is 1.26. The zero-order valence-corrected chi connectivity index (χ0v) is 12.4. The van der Waals surface area contributed by atoms with E-state index in [0.717, 1.165) is 11.3 Å². The van der Waals surface area contributed by atoms with Gasteiger partial charge in [0, 0.05) is 5.56 Å². The van der Waals surface area contributed by atoms with Crippen LogP contribution in [0.25, 0.3) is 11.4 Å². The fourth-order valence-electron chi connectivity index (χ4n) is 1.96. The Morgan fingerprint density at radius 2 is 1.83 bits per heavy atom. The van der Waals surface area contributed by atoms with E-state index in [0.29, 0.717) is 11.4 Å². The molecule has 6 heteroatoms. The van der Waals surface area contributed by atoms with Crippen molar-refractivity contribution in [3.8, 4) is 17.1 Å². The molecule has 2 aromatic carbocycles. The van der Waals surface area contributed by atoms with E-state index in [4.69, 9.17) is 14.0 Å². The van der Waals surface area contributed by atoms with Gasteiger partial charge in [-0.25, -0.2) is 4.79 Å². The van der Waals surface area contributed by atoms with E-state index in [1.807, 2.05) is 18.2 Å². The number of aromatic nitrogens is 2. The van der Waals surface area contributed by atoms with Gasteiger partial charge < -0.3 is 14.0 Å². The van der Waals surface area contributed by atoms with Gasteiger partial charge in [0.15, 0.2) is 6.61 Å². The Balaban J connectivity index is 1.64. The van der Waals surface area contributed by atoms with Crippen LogP contribution in [0.15, 0.2) is 59.1 Å². The number of carbonyl (C=O) groups excluding carboxylic acids is 1. The summed E-state index contributed by atoms with van der Waals surface area (Å²) < 4.78 is 15.3. The first-order chi connectivity index (χ1) is 11.3. The molecule has 0 aliphatic heterocycles. The number of methoxy groups -OCH3 is 1. The first-order valence-electron chi connectivity index (χ1n) is 6.95. The Morgan fingerprint density at radius 3 is 2.52 bits per heavy atom. The second-order valence-corrected chi connectivity index (χ2v) is 4.68. The van der Waals surface area contributed by atoms with Crippen molar-refractivity contribution in [1.82, 2.24) is 10.1 Å². The van der Waals surface area contributed by atoms with Crippen LogP contribution in [-0.2, 0) is 11.3 Å². The van der Waals surface area contributed by atoms with Crippen LogP contribution in [0.3, 0.4) is 0 Å². The Hall–Kier alpha value is -3.15. The summed E-state index contributed by atoms with van der Waals surface area (Å²) in [4.78, 5) is 16.0. The molecule has 116 valence electrons. The van der Waals surface area contributed by atoms with E-state index in [-0.39, 0.29) is 12.5 Å². The highest BCUT2D eigenvalue weighted by Gasteiger charge is 2.12. The molecule has 0 radical (unpaired) electrons. The zero-order chi connectivity index (χ0) is 16.1. The van der Waals surface area contributed by atoms with Crippen molar-refractivity contribution in [3.05, 3.63) is 66.1 Å². The van der Waals surface area contributed by atoms with E-state index in [1.54, 1.807) is 43.5 Å². The Labute approximate surface area is 132 Å². The van der Waals surface area contributed by atoms with Gasteiger partial charge in [-0.05, 0) is 36.4 Å². The van der Waals surface area contributed by atoms with Gasteiger partial charge in [0.25, 0.3) is 5.89 Å². The zero-order valence-electron chi connectivity index (χ0n) is 12.4. The number of carbonyl (C=O) groups is 1. The van der Waals surface area contributed by atoms with Crippen molar-refractivity contribution in [1.29, 1.82) is 0 Å². The van der Waals surface area contributed by atoms with Crippen LogP contribution in [-0.4, -0.2) is 23.2 Å². The lowest BCUT2D eigenvalue weighted by atomic mass is 10.2. The standard InChI is InChI=1S/C17H14N2O4/c1-21-14-9-7-12(8-10-14)16-18-15(23-19-16)11-22-17(20)13-5-3-2-4-6-13/h2-10H,11H2,1H3. The molecule has 0 spiro atoms. The minimum absolute atomic E-state index is 0.0725. The molecule has 1 heterocycles. The molecule has 6 nitrogen and oxygen atoms in total. The number of ether oxygens (including phenoxy) is 2. The molecule has 0 atom stereocenters. The predicted molar refractivity (Wildman–Crippen MR) is 81.8 cm³/mol. The average molecular weight is 310 g/mol. The lowest BCUT2D eigenvalue weighted by molar-refractivity contribution is 0.0430. The maximum absolute atomic E-state index is 11.8. The number of benzene rings is 2. The third-order valence-electron chi connectivity index (χ3n) is 3.15. The molecule has 23 heavy (non-hydrogen) atoms. The molecule has 0 amide bonds. The Kier molecular flexibility index (Phi) is 4.33. The molecule has 0 unspecified atom stereocenters. The third-order valence-corrected chi connectivity index (χ3v) is 3.15. The van der Waals surface area contributed by atoms with Gasteiger partial charge in [-0.15, -0.1) is 0 Å². The topological polar surface area (TPSA) is 74.5 Å². The Morgan fingerprint density at radius 1 is 1.09 bits per heavy atom. The fraction of sp³-hybridized carbons (Fsp3) is 0.118. The van der Waals surface area contributed by atoms with Crippen molar-refractivity contribution in [3.63, 3.8) is 0 Å². The summed E-state index contributed by atoms with van der Waals surface area (Å²) in [7, 11) is 1.60. The van der Waals surface area contributed by atoms with Gasteiger partial charge in [0.05, 0.1) is 12.7 Å². The van der Waals surface area contributed by atoms with Crippen LogP contribution in [0.2, 0.25) is 0 Å². The van der Waals surface area contributed by atoms with Crippen molar-refractivity contribution in [2.45, 2.75) is 6.61 Å². The average Bonchev–Trinajstić information content (AvgIpc) is 3.09. The van der Waals surface area contributed by atoms with E-state index in [2.05, 4.69) is 10.1 Å². The minimum Gasteiger partial charge on any atom is -0.497 e. The van der Waals surface area contributed by atoms with Crippen LogP contribution in [0.4, 0.5) is 0 Å². The van der Waals surface area contributed by atoms with Gasteiger partial charge in [-0.3, -0.25) is 0 Å². The smallest absolute Gasteiger partial charge is 0.338 e. The molecule has 3 rings (SSSR count). The lowest BCUT2D eigenvalue weighted by Gasteiger charge is -2.01. The van der Waals surface area contributed by atoms with E-state index in [9.17, 15) is 4.79 Å². The maximum atomic E-state index is 11.8. The van der Waals surface area contributed by atoms with Gasteiger partial charge in [0.1, 0.15) is 5.75 Å². The molecule has 0 fully saturated rings. The number of rotatable bonds is 5. The summed E-state index contributed by atoms with van der Waals surface area (Å²) in [5, 5.41) is 3.87. The molecule has 0 bridgehead atoms. The molecule has 0 N–H and O–H groups in total. The minimum atomic E-state index is -0.435.